The number of benzene rings is 1. The van der Waals surface area contributed by atoms with E-state index in [9.17, 15) is 4.79 Å². The molecule has 0 aromatic heterocycles. The molecule has 2 aliphatic rings. The van der Waals surface area contributed by atoms with Crippen LogP contribution in [0, 0.1) is 0 Å². The molecule has 1 spiro atoms. The van der Waals surface area contributed by atoms with Crippen LogP contribution in [0.4, 0.5) is 0 Å². The maximum absolute atomic E-state index is 11.2. The number of hydrogen-bond acceptors (Lipinski definition) is 1. The third-order valence-corrected chi connectivity index (χ3v) is 3.83. The molecule has 0 bridgehead atoms. The van der Waals surface area contributed by atoms with Gasteiger partial charge >= 0.3 is 0 Å². The van der Waals surface area contributed by atoms with Crippen molar-refractivity contribution in [1.29, 1.82) is 0 Å². The highest BCUT2D eigenvalue weighted by molar-refractivity contribution is 5.56. The summed E-state index contributed by atoms with van der Waals surface area (Å²) >= 11 is 0. The fourth-order valence-corrected chi connectivity index (χ4v) is 3.03. The van der Waals surface area contributed by atoms with Crippen LogP contribution in [0.25, 0.3) is 0 Å². The van der Waals surface area contributed by atoms with Gasteiger partial charge in [-0.2, -0.15) is 0 Å². The third-order valence-electron chi connectivity index (χ3n) is 3.83. The minimum Gasteiger partial charge on any atom is -0.332 e. The lowest BCUT2D eigenvalue weighted by Crippen LogP contribution is -2.44. The number of hydrogen-bond donors (Lipinski definition) is 0. The van der Waals surface area contributed by atoms with Crippen molar-refractivity contribution >= 4 is 6.41 Å². The molecule has 1 aliphatic heterocycles. The Morgan fingerprint density at radius 3 is 3.06 bits per heavy atom. The molecule has 0 saturated carbocycles. The summed E-state index contributed by atoms with van der Waals surface area (Å²) in [6.45, 7) is 0.842. The quantitative estimate of drug-likeness (QED) is 0.517. The van der Waals surface area contributed by atoms with E-state index in [-0.39, 0.29) is 5.54 Å². The summed E-state index contributed by atoms with van der Waals surface area (Å²) < 4.78 is 0. The van der Waals surface area contributed by atoms with E-state index < -0.39 is 0 Å². The first-order valence-corrected chi connectivity index (χ1v) is 5.85. The zero-order valence-corrected chi connectivity index (χ0v) is 9.23. The maximum Gasteiger partial charge on any atom is 0.210 e. The number of carbonyl (C=O) groups is 1. The van der Waals surface area contributed by atoms with E-state index in [1.165, 1.54) is 11.1 Å². The number of aryl methyl sites for hydroxylation is 1. The Kier molecular flexibility index (Phi) is 2.10. The Morgan fingerprint density at radius 2 is 2.19 bits per heavy atom. The zero-order valence-electron chi connectivity index (χ0n) is 9.23. The second-order valence-electron chi connectivity index (χ2n) is 4.57. The van der Waals surface area contributed by atoms with Gasteiger partial charge < -0.3 is 4.90 Å². The van der Waals surface area contributed by atoms with Crippen LogP contribution in [-0.2, 0) is 16.8 Å². The Labute approximate surface area is 95.6 Å². The van der Waals surface area contributed by atoms with Crippen molar-refractivity contribution in [3.05, 3.63) is 47.5 Å². The van der Waals surface area contributed by atoms with E-state index in [0.717, 1.165) is 32.2 Å². The summed E-state index contributed by atoms with van der Waals surface area (Å²) in [4.78, 5) is 13.2. The zero-order chi connectivity index (χ0) is 11.0. The fourth-order valence-electron chi connectivity index (χ4n) is 3.03. The van der Waals surface area contributed by atoms with Gasteiger partial charge in [-0.1, -0.05) is 36.4 Å². The molecule has 82 valence electrons. The minimum atomic E-state index is -0.142. The molecule has 0 saturated heterocycles. The van der Waals surface area contributed by atoms with E-state index in [2.05, 4.69) is 36.4 Å². The van der Waals surface area contributed by atoms with Gasteiger partial charge in [0.15, 0.2) is 0 Å². The first kappa shape index (κ1) is 9.64. The lowest BCUT2D eigenvalue weighted by Gasteiger charge is -2.40. The van der Waals surface area contributed by atoms with Gasteiger partial charge in [0.2, 0.25) is 6.41 Å². The molecule has 0 radical (unpaired) electrons. The average molecular weight is 213 g/mol. The normalized spacial score (nSPS) is 27.1. The summed E-state index contributed by atoms with van der Waals surface area (Å²) in [5.41, 5.74) is 2.57. The van der Waals surface area contributed by atoms with E-state index in [1.807, 2.05) is 4.90 Å². The van der Waals surface area contributed by atoms with Crippen molar-refractivity contribution in [3.63, 3.8) is 0 Å². The molecule has 1 aromatic carbocycles. The molecule has 0 N–H and O–H groups in total. The Balaban J connectivity index is 2.15. The van der Waals surface area contributed by atoms with Crippen molar-refractivity contribution in [1.82, 2.24) is 4.90 Å². The first-order chi connectivity index (χ1) is 7.87. The van der Waals surface area contributed by atoms with Gasteiger partial charge in [-0.15, -0.1) is 0 Å². The Morgan fingerprint density at radius 1 is 1.31 bits per heavy atom. The van der Waals surface area contributed by atoms with Crippen LogP contribution in [-0.4, -0.2) is 17.9 Å². The first-order valence-electron chi connectivity index (χ1n) is 5.85. The number of amides is 1. The van der Waals surface area contributed by atoms with Crippen molar-refractivity contribution in [2.24, 2.45) is 0 Å². The summed E-state index contributed by atoms with van der Waals surface area (Å²) in [6, 6.07) is 8.48. The fraction of sp³-hybridized carbons (Fsp3) is 0.357. The SMILES string of the molecule is O=CN1CCC=CC12CCc1ccccc12. The molecule has 0 fully saturated rings. The second kappa shape index (κ2) is 3.48. The molecule has 1 atom stereocenters. The van der Waals surface area contributed by atoms with E-state index in [4.69, 9.17) is 0 Å². The lowest BCUT2D eigenvalue weighted by atomic mass is 9.87. The van der Waals surface area contributed by atoms with Gasteiger partial charge in [-0.05, 0) is 30.4 Å². The van der Waals surface area contributed by atoms with Crippen LogP contribution >= 0.6 is 0 Å². The molecule has 1 aliphatic carbocycles. The summed E-state index contributed by atoms with van der Waals surface area (Å²) in [6.07, 6.45) is 8.51. The highest BCUT2D eigenvalue weighted by Gasteiger charge is 2.41. The Bertz CT molecular complexity index is 452. The molecular formula is C14H15NO. The van der Waals surface area contributed by atoms with Gasteiger partial charge in [-0.3, -0.25) is 4.79 Å². The largest absolute Gasteiger partial charge is 0.332 e. The molecule has 16 heavy (non-hydrogen) atoms. The highest BCUT2D eigenvalue weighted by atomic mass is 16.1. The number of fused-ring (bicyclic) bond motifs is 2. The van der Waals surface area contributed by atoms with E-state index in [0.29, 0.717) is 0 Å². The predicted octanol–water partition coefficient (Wildman–Crippen LogP) is 2.25. The smallest absolute Gasteiger partial charge is 0.210 e. The van der Waals surface area contributed by atoms with Gasteiger partial charge in [0.05, 0.1) is 5.54 Å². The summed E-state index contributed by atoms with van der Waals surface area (Å²) in [7, 11) is 0. The van der Waals surface area contributed by atoms with Crippen LogP contribution in [0.3, 0.4) is 0 Å². The Hall–Kier alpha value is -1.57. The molecule has 1 amide bonds. The van der Waals surface area contributed by atoms with Gasteiger partial charge in [0, 0.05) is 6.54 Å². The van der Waals surface area contributed by atoms with Crippen LogP contribution in [0.5, 0.6) is 0 Å². The summed E-state index contributed by atoms with van der Waals surface area (Å²) in [5.74, 6) is 0. The van der Waals surface area contributed by atoms with Gasteiger partial charge in [-0.25, -0.2) is 0 Å². The molecule has 3 rings (SSSR count). The second-order valence-corrected chi connectivity index (χ2v) is 4.57. The van der Waals surface area contributed by atoms with Crippen LogP contribution in [0.15, 0.2) is 36.4 Å². The van der Waals surface area contributed by atoms with Crippen LogP contribution in [0.1, 0.15) is 24.0 Å². The molecule has 1 unspecified atom stereocenters. The monoisotopic (exact) mass is 213 g/mol. The number of carbonyl (C=O) groups excluding carboxylic acids is 1. The average Bonchev–Trinajstić information content (AvgIpc) is 2.71. The minimum absolute atomic E-state index is 0.142. The van der Waals surface area contributed by atoms with Gasteiger partial charge in [0.25, 0.3) is 0 Å². The molecule has 2 heteroatoms. The van der Waals surface area contributed by atoms with Gasteiger partial charge in [0.1, 0.15) is 0 Å². The lowest BCUT2D eigenvalue weighted by molar-refractivity contribution is -0.123. The van der Waals surface area contributed by atoms with Crippen molar-refractivity contribution < 1.29 is 4.79 Å². The molecule has 1 aromatic rings. The molecule has 1 heterocycles. The molecular weight excluding hydrogens is 198 g/mol. The van der Waals surface area contributed by atoms with E-state index in [1.54, 1.807) is 0 Å². The molecule has 2 nitrogen and oxygen atoms in total. The van der Waals surface area contributed by atoms with Crippen molar-refractivity contribution in [2.75, 3.05) is 6.54 Å². The van der Waals surface area contributed by atoms with Crippen molar-refractivity contribution in [3.8, 4) is 0 Å². The standard InChI is InChI=1S/C14H15NO/c16-11-15-10-4-3-8-14(15)9-7-12-5-1-2-6-13(12)14/h1-3,5-6,8,11H,4,7,9-10H2. The van der Waals surface area contributed by atoms with Crippen molar-refractivity contribution in [2.45, 2.75) is 24.8 Å². The maximum atomic E-state index is 11.2. The topological polar surface area (TPSA) is 20.3 Å². The summed E-state index contributed by atoms with van der Waals surface area (Å²) in [5, 5.41) is 0. The highest BCUT2D eigenvalue weighted by Crippen LogP contribution is 2.43. The third kappa shape index (κ3) is 1.16. The van der Waals surface area contributed by atoms with Crippen LogP contribution in [0.2, 0.25) is 0 Å². The van der Waals surface area contributed by atoms with E-state index >= 15 is 0 Å². The number of rotatable bonds is 1. The van der Waals surface area contributed by atoms with Crippen LogP contribution < -0.4 is 0 Å². The predicted molar refractivity (Wildman–Crippen MR) is 63.0 cm³/mol. The number of nitrogens with zero attached hydrogens (tertiary/aromatic N) is 1.